The minimum atomic E-state index is -1.24. The maximum absolute atomic E-state index is 13.3. The van der Waals surface area contributed by atoms with Gasteiger partial charge in [0.25, 0.3) is 5.26 Å². The van der Waals surface area contributed by atoms with Crippen molar-refractivity contribution >= 4 is 34.7 Å². The van der Waals surface area contributed by atoms with Crippen molar-refractivity contribution in [3.8, 4) is 11.4 Å². The Kier molecular flexibility index (Phi) is 6.55. The third-order valence-electron chi connectivity index (χ3n) is 5.38. The fraction of sp³-hybridized carbons (Fsp3) is 0.526. The van der Waals surface area contributed by atoms with Crippen LogP contribution in [0.1, 0.15) is 26.3 Å². The topological polar surface area (TPSA) is 114 Å². The summed E-state index contributed by atoms with van der Waals surface area (Å²) in [5.74, 6) is 0. The molecule has 2 aromatic rings. The molecule has 0 spiro atoms. The van der Waals surface area contributed by atoms with Crippen LogP contribution in [0.5, 0.6) is 0 Å². The van der Waals surface area contributed by atoms with Gasteiger partial charge in [0.2, 0.25) is 0 Å². The smallest absolute Gasteiger partial charge is 0.269 e. The van der Waals surface area contributed by atoms with Gasteiger partial charge in [0, 0.05) is 20.7 Å². The lowest BCUT2D eigenvalue weighted by molar-refractivity contribution is -0.178. The van der Waals surface area contributed by atoms with Crippen LogP contribution in [0.25, 0.3) is 11.4 Å². The second kappa shape index (κ2) is 8.89. The lowest BCUT2D eigenvalue weighted by Gasteiger charge is -2.42. The van der Waals surface area contributed by atoms with Crippen LogP contribution < -0.4 is 0 Å². The normalized spacial score (nSPS) is 30.7. The lowest BCUT2D eigenvalue weighted by atomic mass is 9.86. The van der Waals surface area contributed by atoms with Crippen LogP contribution in [0.15, 0.2) is 33.7 Å². The van der Waals surface area contributed by atoms with E-state index in [0.717, 1.165) is 22.7 Å². The van der Waals surface area contributed by atoms with Gasteiger partial charge in [0.15, 0.2) is 0 Å². The van der Waals surface area contributed by atoms with Crippen molar-refractivity contribution < 1.29 is 24.4 Å². The van der Waals surface area contributed by atoms with Gasteiger partial charge in [0.1, 0.15) is 41.2 Å². The van der Waals surface area contributed by atoms with Crippen LogP contribution in [0.2, 0.25) is 0 Å². The van der Waals surface area contributed by atoms with Gasteiger partial charge in [-0.1, -0.05) is 59.8 Å². The first-order valence-electron chi connectivity index (χ1n) is 9.60. The number of thioether (sulfide) groups is 1. The highest BCUT2D eigenvalue weighted by Crippen LogP contribution is 2.44. The minimum absolute atomic E-state index is 0.156. The van der Waals surface area contributed by atoms with E-state index in [4.69, 9.17) is 16.3 Å². The zero-order valence-corrected chi connectivity index (χ0v) is 19.1. The molecule has 3 heterocycles. The quantitative estimate of drug-likeness (QED) is 0.588. The summed E-state index contributed by atoms with van der Waals surface area (Å²) in [4.78, 5) is 4.57. The van der Waals surface area contributed by atoms with Gasteiger partial charge >= 0.3 is 0 Å². The molecule has 0 amide bonds. The Morgan fingerprint density at radius 2 is 2.13 bits per heavy atom. The Morgan fingerprint density at radius 1 is 1.35 bits per heavy atom. The molecule has 3 unspecified atom stereocenters. The molecule has 8 nitrogen and oxygen atoms in total. The Bertz CT molecular complexity index is 1010. The van der Waals surface area contributed by atoms with Crippen LogP contribution in [-0.2, 0) is 4.74 Å². The van der Waals surface area contributed by atoms with Gasteiger partial charge < -0.3 is 20.1 Å². The molecule has 2 aliphatic rings. The van der Waals surface area contributed by atoms with E-state index in [2.05, 4.69) is 15.3 Å². The first-order valence-corrected chi connectivity index (χ1v) is 11.7. The highest BCUT2D eigenvalue weighted by molar-refractivity contribution is 8.03. The highest BCUT2D eigenvalue weighted by Gasteiger charge is 2.46. The van der Waals surface area contributed by atoms with Crippen molar-refractivity contribution in [2.75, 3.05) is 6.61 Å². The lowest BCUT2D eigenvalue weighted by Crippen LogP contribution is -2.55. The molecular formula is C19H22ClFN4O4S2. The van der Waals surface area contributed by atoms with Crippen LogP contribution in [-0.4, -0.2) is 65.7 Å². The molecule has 1 saturated heterocycles. The maximum atomic E-state index is 13.3. The predicted molar refractivity (Wildman–Crippen MR) is 116 cm³/mol. The summed E-state index contributed by atoms with van der Waals surface area (Å²) in [5, 5.41) is 41.0. The molecule has 0 aromatic carbocycles. The van der Waals surface area contributed by atoms with Crippen LogP contribution in [0.4, 0.5) is 4.39 Å². The van der Waals surface area contributed by atoms with Crippen molar-refractivity contribution in [1.29, 1.82) is 0 Å². The molecule has 0 saturated carbocycles. The van der Waals surface area contributed by atoms with Gasteiger partial charge in [-0.25, -0.2) is 9.67 Å². The summed E-state index contributed by atoms with van der Waals surface area (Å²) in [7, 11) is 0. The number of nitrogens with zero attached hydrogens (tertiary/aromatic N) is 4. The zero-order valence-electron chi connectivity index (χ0n) is 16.7. The first kappa shape index (κ1) is 22.8. The number of rotatable bonds is 5. The fourth-order valence-corrected chi connectivity index (χ4v) is 5.36. The fourth-order valence-electron chi connectivity index (χ4n) is 3.44. The molecule has 12 heteroatoms. The van der Waals surface area contributed by atoms with Crippen molar-refractivity contribution in [3.05, 3.63) is 38.9 Å². The van der Waals surface area contributed by atoms with E-state index < -0.39 is 41.7 Å². The highest BCUT2D eigenvalue weighted by atomic mass is 35.5. The Morgan fingerprint density at radius 3 is 2.77 bits per heavy atom. The van der Waals surface area contributed by atoms with Gasteiger partial charge in [-0.15, -0.1) is 5.10 Å². The van der Waals surface area contributed by atoms with E-state index in [9.17, 15) is 19.7 Å². The number of thiazole rings is 1. The summed E-state index contributed by atoms with van der Waals surface area (Å²) in [5.41, 5.74) is -0.328. The largest absolute Gasteiger partial charge is 0.394 e. The molecule has 0 bridgehead atoms. The van der Waals surface area contributed by atoms with E-state index in [1.807, 2.05) is 26.0 Å². The van der Waals surface area contributed by atoms with E-state index in [1.54, 1.807) is 0 Å². The van der Waals surface area contributed by atoms with Crippen LogP contribution in [0, 0.1) is 10.7 Å². The Hall–Kier alpha value is -1.34. The molecule has 31 heavy (non-hydrogen) atoms. The number of ether oxygens (including phenoxy) is 1. The Labute approximate surface area is 191 Å². The minimum Gasteiger partial charge on any atom is -0.394 e. The standard InChI is InChI=1S/C19H22ClFN4O4S2/c1-19(2)4-3-9(5-13(19)20)31-17-16(28)14(15(27)12(7-26)29-17)25-6-10(23-24-25)11-8-30-18(21)22-11/h3,5-6,8,12,14-17,26-28H,4,7H2,1-2H3/t12?,14?,15-,16?,17+/m0/s1. The predicted octanol–water partition coefficient (Wildman–Crippen LogP) is 2.69. The van der Waals surface area contributed by atoms with Gasteiger partial charge in [-0.2, -0.15) is 4.39 Å². The molecule has 168 valence electrons. The maximum Gasteiger partial charge on any atom is 0.269 e. The first-order chi connectivity index (χ1) is 14.7. The number of halogens is 2. The summed E-state index contributed by atoms with van der Waals surface area (Å²) in [6.45, 7) is 3.64. The molecule has 4 rings (SSSR count). The van der Waals surface area contributed by atoms with E-state index >= 15 is 0 Å². The average molecular weight is 489 g/mol. The number of allylic oxidation sites excluding steroid dienone is 3. The third-order valence-corrected chi connectivity index (χ3v) is 7.81. The zero-order chi connectivity index (χ0) is 22.3. The monoisotopic (exact) mass is 488 g/mol. The van der Waals surface area contributed by atoms with Crippen molar-refractivity contribution in [3.63, 3.8) is 0 Å². The van der Waals surface area contributed by atoms with Gasteiger partial charge in [-0.05, 0) is 12.5 Å². The number of aromatic nitrogens is 4. The molecule has 2 aromatic heterocycles. The number of aliphatic hydroxyl groups excluding tert-OH is 3. The molecule has 1 aliphatic carbocycles. The van der Waals surface area contributed by atoms with Crippen molar-refractivity contribution in [2.24, 2.45) is 5.41 Å². The van der Waals surface area contributed by atoms with Crippen molar-refractivity contribution in [1.82, 2.24) is 20.0 Å². The van der Waals surface area contributed by atoms with Gasteiger partial charge in [-0.3, -0.25) is 0 Å². The van der Waals surface area contributed by atoms with Crippen molar-refractivity contribution in [2.45, 2.75) is 50.1 Å². The summed E-state index contributed by atoms with van der Waals surface area (Å²) in [6, 6.07) is -0.937. The van der Waals surface area contributed by atoms with Crippen LogP contribution in [0.3, 0.4) is 0 Å². The average Bonchev–Trinajstić information content (AvgIpc) is 3.36. The molecule has 3 N–H and O–H groups in total. The second-order valence-electron chi connectivity index (χ2n) is 8.07. The summed E-state index contributed by atoms with van der Waals surface area (Å²) < 4.78 is 20.3. The summed E-state index contributed by atoms with van der Waals surface area (Å²) in [6.07, 6.45) is 2.72. The van der Waals surface area contributed by atoms with E-state index in [1.165, 1.54) is 28.0 Å². The molecule has 1 fully saturated rings. The van der Waals surface area contributed by atoms with Crippen LogP contribution >= 0.6 is 34.7 Å². The SMILES string of the molecule is CC1(C)CC=C(S[C@H]2OC(CO)[C@H](O)C(n3cc(-c4csc(F)n4)nn3)C2O)C=C1Cl. The Balaban J connectivity index is 1.58. The van der Waals surface area contributed by atoms with Gasteiger partial charge in [0.05, 0.1) is 12.8 Å². The third kappa shape index (κ3) is 4.58. The van der Waals surface area contributed by atoms with E-state index in [0.29, 0.717) is 16.4 Å². The molecule has 0 radical (unpaired) electrons. The number of aliphatic hydroxyl groups is 3. The second-order valence-corrected chi connectivity index (χ2v) is 10.5. The summed E-state index contributed by atoms with van der Waals surface area (Å²) >= 11 is 8.49. The molecule has 5 atom stereocenters. The number of hydrogen-bond acceptors (Lipinski definition) is 9. The molecule has 1 aliphatic heterocycles. The number of hydrogen-bond donors (Lipinski definition) is 3. The molecular weight excluding hydrogens is 467 g/mol. The van der Waals surface area contributed by atoms with E-state index in [-0.39, 0.29) is 5.41 Å².